The number of anilines is 2. The second-order valence-corrected chi connectivity index (χ2v) is 5.43. The van der Waals surface area contributed by atoms with Gasteiger partial charge in [0.15, 0.2) is 0 Å². The fourth-order valence-electron chi connectivity index (χ4n) is 1.82. The molecule has 4 nitrogen and oxygen atoms in total. The molecule has 0 saturated heterocycles. The average molecular weight is 306 g/mol. The molecule has 0 radical (unpaired) electrons. The van der Waals surface area contributed by atoms with Gasteiger partial charge in [-0.3, -0.25) is 0 Å². The van der Waals surface area contributed by atoms with Crippen LogP contribution >= 0.6 is 23.2 Å². The molecule has 1 rings (SSSR count). The first kappa shape index (κ1) is 16.3. The van der Waals surface area contributed by atoms with Crippen LogP contribution in [0, 0.1) is 5.41 Å². The molecule has 19 heavy (non-hydrogen) atoms. The van der Waals surface area contributed by atoms with Gasteiger partial charge in [-0.05, 0) is 18.9 Å². The summed E-state index contributed by atoms with van der Waals surface area (Å²) in [7, 11) is 1.75. The predicted octanol–water partition coefficient (Wildman–Crippen LogP) is 3.64. The molecule has 1 aromatic rings. The Morgan fingerprint density at radius 2 is 1.79 bits per heavy atom. The minimum Gasteiger partial charge on any atom is -0.396 e. The van der Waals surface area contributed by atoms with Gasteiger partial charge in [-0.1, -0.05) is 37.0 Å². The van der Waals surface area contributed by atoms with E-state index in [2.05, 4.69) is 29.5 Å². The lowest BCUT2D eigenvalue weighted by Gasteiger charge is -2.30. The van der Waals surface area contributed by atoms with Crippen molar-refractivity contribution >= 4 is 34.8 Å². The normalized spacial score (nSPS) is 11.5. The average Bonchev–Trinajstić information content (AvgIpc) is 2.43. The third-order valence-corrected chi connectivity index (χ3v) is 4.21. The highest BCUT2D eigenvalue weighted by Gasteiger charge is 2.25. The first-order valence-corrected chi connectivity index (χ1v) is 7.16. The molecule has 0 amide bonds. The first-order valence-electron chi connectivity index (χ1n) is 6.40. The maximum Gasteiger partial charge on any atom is 0.147 e. The third-order valence-electron chi connectivity index (χ3n) is 3.63. The Bertz CT molecular complexity index is 414. The highest BCUT2D eigenvalue weighted by atomic mass is 35.5. The quantitative estimate of drug-likeness (QED) is 0.720. The van der Waals surface area contributed by atoms with E-state index in [1.54, 1.807) is 13.1 Å². The summed E-state index contributed by atoms with van der Waals surface area (Å²) < 4.78 is 0. The Morgan fingerprint density at radius 3 is 2.26 bits per heavy atom. The maximum atomic E-state index is 9.54. The van der Waals surface area contributed by atoms with Crippen molar-refractivity contribution in [1.82, 2.24) is 4.98 Å². The predicted molar refractivity (Wildman–Crippen MR) is 82.4 cm³/mol. The molecular formula is C13H21Cl2N3O. The van der Waals surface area contributed by atoms with E-state index < -0.39 is 0 Å². The zero-order chi connectivity index (χ0) is 14.5. The molecular weight excluding hydrogens is 285 g/mol. The highest BCUT2D eigenvalue weighted by Crippen LogP contribution is 2.31. The summed E-state index contributed by atoms with van der Waals surface area (Å²) >= 11 is 12.1. The van der Waals surface area contributed by atoms with E-state index in [-0.39, 0.29) is 12.0 Å². The highest BCUT2D eigenvalue weighted by molar-refractivity contribution is 6.37. The van der Waals surface area contributed by atoms with Crippen LogP contribution in [0.1, 0.15) is 26.7 Å². The summed E-state index contributed by atoms with van der Waals surface area (Å²) in [6.07, 6.45) is 1.77. The molecule has 3 N–H and O–H groups in total. The van der Waals surface area contributed by atoms with Crippen LogP contribution in [-0.2, 0) is 0 Å². The van der Waals surface area contributed by atoms with Crippen molar-refractivity contribution in [3.8, 4) is 0 Å². The summed E-state index contributed by atoms with van der Waals surface area (Å²) in [5.41, 5.74) is -0.148. The molecule has 0 spiro atoms. The Labute approximate surface area is 124 Å². The van der Waals surface area contributed by atoms with Crippen molar-refractivity contribution < 1.29 is 5.11 Å². The third kappa shape index (κ3) is 3.88. The number of nitrogens with zero attached hydrogens (tertiary/aromatic N) is 1. The lowest BCUT2D eigenvalue weighted by Crippen LogP contribution is -2.32. The Balaban J connectivity index is 2.88. The molecule has 1 heterocycles. The van der Waals surface area contributed by atoms with E-state index >= 15 is 0 Å². The fraction of sp³-hybridized carbons (Fsp3) is 0.615. The van der Waals surface area contributed by atoms with E-state index in [0.29, 0.717) is 28.2 Å². The van der Waals surface area contributed by atoms with Gasteiger partial charge in [-0.25, -0.2) is 4.98 Å². The van der Waals surface area contributed by atoms with Crippen LogP contribution in [0.2, 0.25) is 10.0 Å². The van der Waals surface area contributed by atoms with Gasteiger partial charge in [0.05, 0.1) is 16.7 Å². The molecule has 6 heteroatoms. The summed E-state index contributed by atoms with van der Waals surface area (Å²) in [6.45, 7) is 4.89. The van der Waals surface area contributed by atoms with Crippen LogP contribution in [0.4, 0.5) is 11.6 Å². The second kappa shape index (κ2) is 7.17. The van der Waals surface area contributed by atoms with Crippen molar-refractivity contribution in [1.29, 1.82) is 0 Å². The van der Waals surface area contributed by atoms with Crippen molar-refractivity contribution in [2.45, 2.75) is 26.7 Å². The van der Waals surface area contributed by atoms with Crippen LogP contribution in [0.5, 0.6) is 0 Å². The summed E-state index contributed by atoms with van der Waals surface area (Å²) in [5, 5.41) is 16.6. The molecule has 0 aromatic carbocycles. The SMILES string of the molecule is CCC(CC)(CO)CNc1nc(NC)c(Cl)cc1Cl. The molecule has 0 aliphatic heterocycles. The Hall–Kier alpha value is -0.710. The molecule has 1 aromatic heterocycles. The van der Waals surface area contributed by atoms with Gasteiger partial charge < -0.3 is 15.7 Å². The van der Waals surface area contributed by atoms with E-state index in [1.165, 1.54) is 0 Å². The van der Waals surface area contributed by atoms with Crippen LogP contribution in [0.25, 0.3) is 0 Å². The van der Waals surface area contributed by atoms with Gasteiger partial charge in [0.1, 0.15) is 11.6 Å². The van der Waals surface area contributed by atoms with E-state index in [1.807, 2.05) is 0 Å². The van der Waals surface area contributed by atoms with Crippen LogP contribution < -0.4 is 10.6 Å². The Kier molecular flexibility index (Phi) is 6.17. The molecule has 0 atom stereocenters. The van der Waals surface area contributed by atoms with Gasteiger partial charge in [-0.2, -0.15) is 0 Å². The van der Waals surface area contributed by atoms with Gasteiger partial charge in [0.25, 0.3) is 0 Å². The van der Waals surface area contributed by atoms with E-state index in [0.717, 1.165) is 12.8 Å². The number of aliphatic hydroxyl groups is 1. The zero-order valence-corrected chi connectivity index (χ0v) is 13.1. The number of aliphatic hydroxyl groups excluding tert-OH is 1. The van der Waals surface area contributed by atoms with Gasteiger partial charge in [0.2, 0.25) is 0 Å². The number of nitrogens with one attached hydrogen (secondary N) is 2. The summed E-state index contributed by atoms with van der Waals surface area (Å²) in [5.74, 6) is 1.16. The number of hydrogen-bond acceptors (Lipinski definition) is 4. The second-order valence-electron chi connectivity index (χ2n) is 4.62. The maximum absolute atomic E-state index is 9.54. The van der Waals surface area contributed by atoms with E-state index in [4.69, 9.17) is 23.2 Å². The monoisotopic (exact) mass is 305 g/mol. The largest absolute Gasteiger partial charge is 0.396 e. The molecule has 0 saturated carbocycles. The molecule has 0 aliphatic carbocycles. The minimum absolute atomic E-state index is 0.136. The molecule has 0 unspecified atom stereocenters. The molecule has 108 valence electrons. The fourth-order valence-corrected chi connectivity index (χ4v) is 2.34. The number of aromatic nitrogens is 1. The number of hydrogen-bond donors (Lipinski definition) is 3. The van der Waals surface area contributed by atoms with Crippen LogP contribution in [-0.4, -0.2) is 30.3 Å². The van der Waals surface area contributed by atoms with Gasteiger partial charge in [-0.15, -0.1) is 0 Å². The van der Waals surface area contributed by atoms with Crippen LogP contribution in [0.3, 0.4) is 0 Å². The smallest absolute Gasteiger partial charge is 0.147 e. The summed E-state index contributed by atoms with van der Waals surface area (Å²) in [6, 6.07) is 1.66. The molecule has 0 aliphatic rings. The van der Waals surface area contributed by atoms with Crippen molar-refractivity contribution in [2.24, 2.45) is 5.41 Å². The first-order chi connectivity index (χ1) is 9.01. The lowest BCUT2D eigenvalue weighted by molar-refractivity contribution is 0.127. The van der Waals surface area contributed by atoms with Crippen molar-refractivity contribution in [3.63, 3.8) is 0 Å². The zero-order valence-electron chi connectivity index (χ0n) is 11.6. The standard InChI is InChI=1S/C13H21Cl2N3O/c1-4-13(5-2,8-19)7-17-12-10(15)6-9(14)11(16-3)18-12/h6,19H,4-5,7-8H2,1-3H3,(H2,16,17,18). The van der Waals surface area contributed by atoms with Crippen molar-refractivity contribution in [2.75, 3.05) is 30.8 Å². The Morgan fingerprint density at radius 1 is 1.21 bits per heavy atom. The molecule has 0 fully saturated rings. The lowest BCUT2D eigenvalue weighted by atomic mass is 9.83. The van der Waals surface area contributed by atoms with E-state index in [9.17, 15) is 5.11 Å². The number of halogens is 2. The minimum atomic E-state index is -0.148. The van der Waals surface area contributed by atoms with Crippen LogP contribution in [0.15, 0.2) is 6.07 Å². The van der Waals surface area contributed by atoms with Crippen molar-refractivity contribution in [3.05, 3.63) is 16.1 Å². The number of rotatable bonds is 7. The van der Waals surface area contributed by atoms with Gasteiger partial charge in [0, 0.05) is 19.0 Å². The molecule has 0 bridgehead atoms. The number of pyridine rings is 1. The van der Waals surface area contributed by atoms with Gasteiger partial charge >= 0.3 is 0 Å². The topological polar surface area (TPSA) is 57.2 Å². The summed E-state index contributed by atoms with van der Waals surface area (Å²) in [4.78, 5) is 4.33.